The highest BCUT2D eigenvalue weighted by Crippen LogP contribution is 2.32. The Balaban J connectivity index is 1.78. The van der Waals surface area contributed by atoms with Crippen LogP contribution in [0.4, 0.5) is 0 Å². The second-order valence-corrected chi connectivity index (χ2v) is 6.78. The first-order valence-corrected chi connectivity index (χ1v) is 8.48. The average Bonchev–Trinajstić information content (AvgIpc) is 2.91. The lowest BCUT2D eigenvalue weighted by Crippen LogP contribution is -2.23. The third-order valence-electron chi connectivity index (χ3n) is 2.69. The summed E-state index contributed by atoms with van der Waals surface area (Å²) < 4.78 is 7.71. The lowest BCUT2D eigenvalue weighted by molar-refractivity contribution is 0.304. The van der Waals surface area contributed by atoms with Gasteiger partial charge >= 0.3 is 0 Å². The number of nitrogens with one attached hydrogen (secondary N) is 1. The summed E-state index contributed by atoms with van der Waals surface area (Å²) in [6, 6.07) is 10.5. The number of rotatable bonds is 6. The third-order valence-corrected chi connectivity index (χ3v) is 4.99. The topological polar surface area (TPSA) is 21.3 Å². The van der Waals surface area contributed by atoms with Gasteiger partial charge in [-0.1, -0.05) is 12.1 Å². The molecule has 0 bridgehead atoms. The van der Waals surface area contributed by atoms with E-state index in [-0.39, 0.29) is 0 Å². The monoisotopic (exact) mass is 403 g/mol. The minimum atomic E-state index is 0.367. The zero-order valence-electron chi connectivity index (χ0n) is 10.5. The number of halogens is 2. The lowest BCUT2D eigenvalue weighted by atomic mass is 10.3. The Bertz CT molecular complexity index is 496. The zero-order chi connectivity index (χ0) is 13.7. The van der Waals surface area contributed by atoms with Gasteiger partial charge in [-0.25, -0.2) is 0 Å². The maximum absolute atomic E-state index is 5.78. The fourth-order valence-corrected chi connectivity index (χ4v) is 3.67. The van der Waals surface area contributed by atoms with Crippen molar-refractivity contribution in [1.82, 2.24) is 5.32 Å². The summed E-state index contributed by atoms with van der Waals surface area (Å²) in [5, 5.41) is 5.55. The van der Waals surface area contributed by atoms with E-state index in [9.17, 15) is 0 Å². The van der Waals surface area contributed by atoms with Crippen LogP contribution >= 0.6 is 43.2 Å². The summed E-state index contributed by atoms with van der Waals surface area (Å²) in [6.07, 6.45) is 0. The highest BCUT2D eigenvalue weighted by molar-refractivity contribution is 9.11. The third kappa shape index (κ3) is 4.31. The van der Waals surface area contributed by atoms with Gasteiger partial charge in [0.15, 0.2) is 0 Å². The summed E-state index contributed by atoms with van der Waals surface area (Å²) in [6.45, 7) is 3.62. The number of benzene rings is 1. The van der Waals surface area contributed by atoms with E-state index < -0.39 is 0 Å². The summed E-state index contributed by atoms with van der Waals surface area (Å²) in [4.78, 5) is 1.35. The molecule has 0 radical (unpaired) electrons. The maximum Gasteiger partial charge on any atom is 0.147 e. The predicted octanol–water partition coefficient (Wildman–Crippen LogP) is 5.00. The molecular formula is C14H15Br2NOS. The standard InChI is InChI=1S/C14H15Br2NOS/c1-10(13-6-3-9-19-13)17-7-8-18-14-11(15)4-2-5-12(14)16/h2-6,9-10,17H,7-8H2,1H3. The Hall–Kier alpha value is -0.360. The largest absolute Gasteiger partial charge is 0.490 e. The van der Waals surface area contributed by atoms with E-state index in [1.54, 1.807) is 11.3 Å². The molecule has 2 rings (SSSR count). The Kier molecular flexibility index (Phi) is 5.88. The van der Waals surface area contributed by atoms with Crippen molar-refractivity contribution in [2.45, 2.75) is 13.0 Å². The van der Waals surface area contributed by atoms with E-state index in [4.69, 9.17) is 4.74 Å². The lowest BCUT2D eigenvalue weighted by Gasteiger charge is -2.14. The molecule has 0 aliphatic heterocycles. The second kappa shape index (κ2) is 7.43. The van der Waals surface area contributed by atoms with Crippen LogP contribution in [0, 0.1) is 0 Å². The van der Waals surface area contributed by atoms with E-state index >= 15 is 0 Å². The van der Waals surface area contributed by atoms with Crippen LogP contribution in [-0.4, -0.2) is 13.2 Å². The molecule has 1 heterocycles. The summed E-state index contributed by atoms with van der Waals surface area (Å²) in [5.74, 6) is 0.855. The Morgan fingerprint density at radius 2 is 1.95 bits per heavy atom. The molecule has 1 atom stereocenters. The van der Waals surface area contributed by atoms with Crippen molar-refractivity contribution in [3.05, 3.63) is 49.5 Å². The van der Waals surface area contributed by atoms with Gasteiger partial charge in [0.25, 0.3) is 0 Å². The molecule has 19 heavy (non-hydrogen) atoms. The molecule has 0 fully saturated rings. The van der Waals surface area contributed by atoms with E-state index in [1.165, 1.54) is 4.88 Å². The summed E-state index contributed by atoms with van der Waals surface area (Å²) in [5.41, 5.74) is 0. The van der Waals surface area contributed by atoms with Gasteiger partial charge in [-0.05, 0) is 62.4 Å². The highest BCUT2D eigenvalue weighted by atomic mass is 79.9. The maximum atomic E-state index is 5.78. The van der Waals surface area contributed by atoms with Crippen molar-refractivity contribution in [3.63, 3.8) is 0 Å². The molecule has 5 heteroatoms. The average molecular weight is 405 g/mol. The Morgan fingerprint density at radius 3 is 2.58 bits per heavy atom. The van der Waals surface area contributed by atoms with E-state index in [0.29, 0.717) is 12.6 Å². The van der Waals surface area contributed by atoms with E-state index in [1.807, 2.05) is 18.2 Å². The van der Waals surface area contributed by atoms with Crippen LogP contribution in [0.25, 0.3) is 0 Å². The first kappa shape index (κ1) is 15.0. The SMILES string of the molecule is CC(NCCOc1c(Br)cccc1Br)c1cccs1. The van der Waals surface area contributed by atoms with Gasteiger partial charge in [-0.2, -0.15) is 0 Å². The van der Waals surface area contributed by atoms with Crippen LogP contribution in [0.3, 0.4) is 0 Å². The number of hydrogen-bond donors (Lipinski definition) is 1. The first-order valence-electron chi connectivity index (χ1n) is 6.02. The number of hydrogen-bond acceptors (Lipinski definition) is 3. The molecule has 1 aromatic carbocycles. The van der Waals surface area contributed by atoms with Gasteiger partial charge < -0.3 is 10.1 Å². The quantitative estimate of drug-likeness (QED) is 0.683. The molecule has 0 saturated carbocycles. The predicted molar refractivity (Wildman–Crippen MR) is 88.1 cm³/mol. The number of thiophene rings is 1. The van der Waals surface area contributed by atoms with Crippen molar-refractivity contribution in [2.24, 2.45) is 0 Å². The van der Waals surface area contributed by atoms with Crippen LogP contribution in [0.2, 0.25) is 0 Å². The zero-order valence-corrected chi connectivity index (χ0v) is 14.5. The highest BCUT2D eigenvalue weighted by Gasteiger charge is 2.07. The van der Waals surface area contributed by atoms with E-state index in [2.05, 4.69) is 61.6 Å². The molecule has 0 aliphatic rings. The Morgan fingerprint density at radius 1 is 1.21 bits per heavy atom. The van der Waals surface area contributed by atoms with Gasteiger partial charge in [0, 0.05) is 17.5 Å². The fraction of sp³-hybridized carbons (Fsp3) is 0.286. The molecule has 0 saturated heterocycles. The van der Waals surface area contributed by atoms with Crippen molar-refractivity contribution < 1.29 is 4.74 Å². The smallest absolute Gasteiger partial charge is 0.147 e. The van der Waals surface area contributed by atoms with Crippen molar-refractivity contribution in [1.29, 1.82) is 0 Å². The second-order valence-electron chi connectivity index (χ2n) is 4.09. The van der Waals surface area contributed by atoms with Crippen LogP contribution in [0.1, 0.15) is 17.8 Å². The minimum absolute atomic E-state index is 0.367. The molecule has 0 amide bonds. The molecule has 0 aliphatic carbocycles. The Labute approximate surface area is 134 Å². The van der Waals surface area contributed by atoms with Gasteiger partial charge in [-0.15, -0.1) is 11.3 Å². The van der Waals surface area contributed by atoms with Crippen LogP contribution in [-0.2, 0) is 0 Å². The van der Waals surface area contributed by atoms with Gasteiger partial charge in [0.1, 0.15) is 12.4 Å². The number of ether oxygens (including phenoxy) is 1. The molecule has 0 spiro atoms. The molecule has 2 aromatic rings. The van der Waals surface area contributed by atoms with Gasteiger partial charge in [0.2, 0.25) is 0 Å². The normalized spacial score (nSPS) is 12.4. The molecule has 1 N–H and O–H groups in total. The van der Waals surface area contributed by atoms with Crippen LogP contribution < -0.4 is 10.1 Å². The van der Waals surface area contributed by atoms with Crippen LogP contribution in [0.15, 0.2) is 44.7 Å². The molecule has 2 nitrogen and oxygen atoms in total. The van der Waals surface area contributed by atoms with Crippen molar-refractivity contribution in [3.8, 4) is 5.75 Å². The van der Waals surface area contributed by atoms with Crippen LogP contribution in [0.5, 0.6) is 5.75 Å². The number of para-hydroxylation sites is 1. The van der Waals surface area contributed by atoms with Crippen molar-refractivity contribution in [2.75, 3.05) is 13.2 Å². The molecule has 1 aromatic heterocycles. The fourth-order valence-electron chi connectivity index (χ4n) is 1.69. The van der Waals surface area contributed by atoms with E-state index in [0.717, 1.165) is 21.2 Å². The molecule has 1 unspecified atom stereocenters. The first-order chi connectivity index (χ1) is 9.18. The van der Waals surface area contributed by atoms with Gasteiger partial charge in [0.05, 0.1) is 8.95 Å². The molecule has 102 valence electrons. The summed E-state index contributed by atoms with van der Waals surface area (Å²) >= 11 is 8.74. The molecular weight excluding hydrogens is 390 g/mol. The van der Waals surface area contributed by atoms with Crippen molar-refractivity contribution >= 4 is 43.2 Å². The minimum Gasteiger partial charge on any atom is -0.490 e. The van der Waals surface area contributed by atoms with Gasteiger partial charge in [-0.3, -0.25) is 0 Å². The summed E-state index contributed by atoms with van der Waals surface area (Å²) in [7, 11) is 0.